The van der Waals surface area contributed by atoms with Crippen molar-refractivity contribution >= 4 is 63.3 Å². The molecule has 0 saturated carbocycles. The molecule has 246 valence electrons. The summed E-state index contributed by atoms with van der Waals surface area (Å²) in [5, 5.41) is 3.21. The average Bonchev–Trinajstić information content (AvgIpc) is 3.13. The van der Waals surface area contributed by atoms with Crippen molar-refractivity contribution in [3.63, 3.8) is 0 Å². The van der Waals surface area contributed by atoms with E-state index in [4.69, 9.17) is 4.74 Å². The van der Waals surface area contributed by atoms with Crippen LogP contribution in [0, 0.1) is 3.57 Å². The largest absolute Gasteiger partial charge is 0.489 e. The van der Waals surface area contributed by atoms with Gasteiger partial charge in [-0.3, -0.25) is 19.3 Å². The quantitative estimate of drug-likeness (QED) is 0.0678. The third-order valence-electron chi connectivity index (χ3n) is 7.42. The number of aliphatic imine (C=N–C) groups is 1. The van der Waals surface area contributed by atoms with Gasteiger partial charge in [0.25, 0.3) is 11.8 Å². The van der Waals surface area contributed by atoms with Crippen molar-refractivity contribution in [3.8, 4) is 5.75 Å². The van der Waals surface area contributed by atoms with Gasteiger partial charge in [-0.2, -0.15) is 4.99 Å². The average molecular weight is 780 g/mol. The molecule has 5 rings (SSSR count). The summed E-state index contributed by atoms with van der Waals surface area (Å²) in [5.74, 6) is -0.921. The first-order chi connectivity index (χ1) is 23.9. The van der Waals surface area contributed by atoms with Crippen LogP contribution in [0.5, 0.6) is 5.75 Å². The van der Waals surface area contributed by atoms with E-state index in [1.165, 1.54) is 11.0 Å². The maximum Gasteiger partial charge on any atom is 0.285 e. The van der Waals surface area contributed by atoms with Gasteiger partial charge in [0, 0.05) is 9.27 Å². The van der Waals surface area contributed by atoms with Crippen LogP contribution in [0.15, 0.2) is 156 Å². The second-order valence-electron chi connectivity index (χ2n) is 10.8. The third kappa shape index (κ3) is 9.55. The van der Waals surface area contributed by atoms with Crippen LogP contribution < -0.4 is 10.1 Å². The number of amidine groups is 1. The van der Waals surface area contributed by atoms with E-state index in [2.05, 4.69) is 39.5 Å². The molecule has 0 aromatic heterocycles. The maximum atomic E-state index is 14.0. The van der Waals surface area contributed by atoms with Gasteiger partial charge in [-0.1, -0.05) is 121 Å². The summed E-state index contributed by atoms with van der Waals surface area (Å²) in [5.41, 5.74) is 3.94. The van der Waals surface area contributed by atoms with Gasteiger partial charge in [0.15, 0.2) is 5.17 Å². The normalized spacial score (nSPS) is 14.3. The molecule has 0 spiro atoms. The molecule has 4 aromatic carbocycles. The highest BCUT2D eigenvalue weighted by Crippen LogP contribution is 2.27. The van der Waals surface area contributed by atoms with Crippen LogP contribution in [-0.4, -0.2) is 33.5 Å². The van der Waals surface area contributed by atoms with Crippen molar-refractivity contribution in [2.75, 3.05) is 5.75 Å². The second-order valence-corrected chi connectivity index (χ2v) is 13.0. The SMILES string of the molecule is C=C/C=C\C(=C/C)N1C(=O)/C(=C/c2ccc(OCc3ccc(I)cc3)cc2)C(=O)N=C1SCC(=O)NC(c1ccccc1)c1ccccc1. The number of halogens is 1. The van der Waals surface area contributed by atoms with E-state index < -0.39 is 11.8 Å². The summed E-state index contributed by atoms with van der Waals surface area (Å²) < 4.78 is 7.06. The molecule has 4 aromatic rings. The fourth-order valence-electron chi connectivity index (χ4n) is 4.97. The molecule has 1 aliphatic heterocycles. The minimum atomic E-state index is -0.683. The summed E-state index contributed by atoms with van der Waals surface area (Å²) in [6.45, 7) is 5.93. The highest BCUT2D eigenvalue weighted by atomic mass is 127. The molecule has 1 heterocycles. The van der Waals surface area contributed by atoms with E-state index in [1.807, 2.05) is 84.9 Å². The fourth-order valence-corrected chi connectivity index (χ4v) is 6.14. The van der Waals surface area contributed by atoms with Crippen LogP contribution in [0.4, 0.5) is 0 Å². The first-order valence-corrected chi connectivity index (χ1v) is 17.6. The number of nitrogens with zero attached hydrogens (tertiary/aromatic N) is 2. The lowest BCUT2D eigenvalue weighted by molar-refractivity contribution is -0.126. The number of amides is 3. The minimum absolute atomic E-state index is 0.0725. The second kappa shape index (κ2) is 17.4. The van der Waals surface area contributed by atoms with Gasteiger partial charge in [0.05, 0.1) is 11.8 Å². The van der Waals surface area contributed by atoms with Crippen LogP contribution >= 0.6 is 34.4 Å². The number of rotatable bonds is 12. The highest BCUT2D eigenvalue weighted by molar-refractivity contribution is 14.1. The number of nitrogens with one attached hydrogen (secondary N) is 1. The standard InChI is InChI=1S/C40H34IN3O4S/c1-3-5-16-33(4-2)44-39(47)35(25-28-19-23-34(24-20-28)48-26-29-17-21-32(41)22-18-29)38(46)43-40(44)49-27-36(45)42-37(30-12-8-6-9-13-30)31-14-10-7-11-15-31/h3-25,37H,1,26-27H2,2H3,(H,42,45)/b16-5-,33-4+,35-25+. The van der Waals surface area contributed by atoms with Gasteiger partial charge in [-0.05, 0) is 88.2 Å². The molecular weight excluding hydrogens is 745 g/mol. The van der Waals surface area contributed by atoms with Crippen molar-refractivity contribution in [1.29, 1.82) is 0 Å². The van der Waals surface area contributed by atoms with Crippen molar-refractivity contribution < 1.29 is 19.1 Å². The summed E-state index contributed by atoms with van der Waals surface area (Å²) in [7, 11) is 0. The number of hydrogen-bond acceptors (Lipinski definition) is 5. The van der Waals surface area contributed by atoms with Crippen LogP contribution in [0.3, 0.4) is 0 Å². The first kappa shape index (κ1) is 35.3. The Labute approximate surface area is 304 Å². The van der Waals surface area contributed by atoms with Crippen LogP contribution in [0.1, 0.15) is 35.2 Å². The molecule has 0 aliphatic carbocycles. The molecule has 7 nitrogen and oxygen atoms in total. The molecule has 3 amide bonds. The van der Waals surface area contributed by atoms with E-state index in [0.717, 1.165) is 32.0 Å². The number of carbonyl (C=O) groups is 3. The predicted octanol–water partition coefficient (Wildman–Crippen LogP) is 8.26. The van der Waals surface area contributed by atoms with Crippen LogP contribution in [-0.2, 0) is 21.0 Å². The van der Waals surface area contributed by atoms with E-state index >= 15 is 0 Å². The predicted molar refractivity (Wildman–Crippen MR) is 206 cm³/mol. The third-order valence-corrected chi connectivity index (χ3v) is 9.08. The van der Waals surface area contributed by atoms with Gasteiger partial charge in [-0.25, -0.2) is 0 Å². The molecule has 0 radical (unpaired) electrons. The molecule has 49 heavy (non-hydrogen) atoms. The van der Waals surface area contributed by atoms with Crippen molar-refractivity contribution in [3.05, 3.63) is 177 Å². The molecule has 0 bridgehead atoms. The Bertz CT molecular complexity index is 1880. The molecule has 1 N–H and O–H groups in total. The zero-order valence-electron chi connectivity index (χ0n) is 26.8. The Hall–Kier alpha value is -5.00. The zero-order valence-corrected chi connectivity index (χ0v) is 29.8. The van der Waals surface area contributed by atoms with Crippen LogP contribution in [0.2, 0.25) is 0 Å². The Morgan fingerprint density at radius 1 is 0.939 bits per heavy atom. The number of thioether (sulfide) groups is 1. The maximum absolute atomic E-state index is 14.0. The van der Waals surface area contributed by atoms with E-state index in [0.29, 0.717) is 23.6 Å². The van der Waals surface area contributed by atoms with Crippen molar-refractivity contribution in [1.82, 2.24) is 10.2 Å². The molecule has 0 fully saturated rings. The van der Waals surface area contributed by atoms with Crippen molar-refractivity contribution in [2.24, 2.45) is 4.99 Å². The summed E-state index contributed by atoms with van der Waals surface area (Å²) in [6, 6.07) is 34.2. The smallest absolute Gasteiger partial charge is 0.285 e. The van der Waals surface area contributed by atoms with Gasteiger partial charge < -0.3 is 10.1 Å². The molecule has 1 aliphatic rings. The topological polar surface area (TPSA) is 88.1 Å². The van der Waals surface area contributed by atoms with E-state index in [9.17, 15) is 14.4 Å². The molecule has 0 atom stereocenters. The molecular formula is C40H34IN3O4S. The lowest BCUT2D eigenvalue weighted by Gasteiger charge is -2.28. The zero-order chi connectivity index (χ0) is 34.6. The lowest BCUT2D eigenvalue weighted by Crippen LogP contribution is -2.42. The number of carbonyl (C=O) groups excluding carboxylic acids is 3. The Balaban J connectivity index is 1.34. The lowest BCUT2D eigenvalue weighted by atomic mass is 9.99. The summed E-state index contributed by atoms with van der Waals surface area (Å²) >= 11 is 3.28. The minimum Gasteiger partial charge on any atom is -0.489 e. The first-order valence-electron chi connectivity index (χ1n) is 15.5. The summed E-state index contributed by atoms with van der Waals surface area (Å²) in [4.78, 5) is 46.3. The van der Waals surface area contributed by atoms with Gasteiger partial charge in [-0.15, -0.1) is 0 Å². The number of hydrogen-bond donors (Lipinski definition) is 1. The molecule has 0 saturated heterocycles. The number of benzene rings is 4. The van der Waals surface area contributed by atoms with Gasteiger partial charge in [0.1, 0.15) is 17.9 Å². The van der Waals surface area contributed by atoms with E-state index in [-0.39, 0.29) is 28.4 Å². The van der Waals surface area contributed by atoms with Gasteiger partial charge in [0.2, 0.25) is 5.91 Å². The van der Waals surface area contributed by atoms with Crippen molar-refractivity contribution in [2.45, 2.75) is 19.6 Å². The number of ether oxygens (including phenoxy) is 1. The van der Waals surface area contributed by atoms with Crippen LogP contribution in [0.25, 0.3) is 6.08 Å². The molecule has 9 heteroatoms. The highest BCUT2D eigenvalue weighted by Gasteiger charge is 2.35. The summed E-state index contributed by atoms with van der Waals surface area (Å²) in [6.07, 6.45) is 8.24. The monoisotopic (exact) mass is 779 g/mol. The fraction of sp³-hybridized carbons (Fsp3) is 0.100. The Kier molecular flexibility index (Phi) is 12.5. The van der Waals surface area contributed by atoms with E-state index in [1.54, 1.807) is 55.5 Å². The van der Waals surface area contributed by atoms with Gasteiger partial charge >= 0.3 is 0 Å². The number of allylic oxidation sites excluding steroid dienone is 4. The molecule has 0 unspecified atom stereocenters. The Morgan fingerprint density at radius 2 is 1.57 bits per heavy atom. The Morgan fingerprint density at radius 3 is 2.16 bits per heavy atom.